The summed E-state index contributed by atoms with van der Waals surface area (Å²) in [6, 6.07) is 0. The number of rotatable bonds is 0. The molecule has 1 aliphatic carbocycles. The van der Waals surface area contributed by atoms with Crippen molar-refractivity contribution in [2.75, 3.05) is 0 Å². The van der Waals surface area contributed by atoms with Crippen molar-refractivity contribution in [1.82, 2.24) is 0 Å². The van der Waals surface area contributed by atoms with E-state index in [-0.39, 0.29) is 5.54 Å². The highest BCUT2D eigenvalue weighted by atomic mass is 16.5. The van der Waals surface area contributed by atoms with E-state index < -0.39 is 0 Å². The predicted molar refractivity (Wildman–Crippen MR) is 58.6 cm³/mol. The van der Waals surface area contributed by atoms with Gasteiger partial charge in [-0.2, -0.15) is 0 Å². The molecule has 2 heteroatoms. The Morgan fingerprint density at radius 1 is 1.36 bits per heavy atom. The van der Waals surface area contributed by atoms with Gasteiger partial charge in [0.25, 0.3) is 0 Å². The van der Waals surface area contributed by atoms with Crippen molar-refractivity contribution in [3.05, 3.63) is 0 Å². The zero-order chi connectivity index (χ0) is 10.3. The molecule has 2 nitrogen and oxygen atoms in total. The average Bonchev–Trinajstić information content (AvgIpc) is 2.00. The second-order valence-electron chi connectivity index (χ2n) is 5.47. The van der Waals surface area contributed by atoms with Crippen LogP contribution >= 0.6 is 0 Å². The second-order valence-corrected chi connectivity index (χ2v) is 5.47. The number of hydrogen-bond donors (Lipinski definition) is 0. The van der Waals surface area contributed by atoms with Crippen molar-refractivity contribution in [2.45, 2.75) is 58.6 Å². The summed E-state index contributed by atoms with van der Waals surface area (Å²) in [7, 11) is 0. The summed E-state index contributed by atoms with van der Waals surface area (Å²) in [5.41, 5.74) is 0.0904. The van der Waals surface area contributed by atoms with Gasteiger partial charge >= 0.3 is 0 Å². The van der Waals surface area contributed by atoms with Crippen LogP contribution in [-0.4, -0.2) is 17.5 Å². The lowest BCUT2D eigenvalue weighted by Gasteiger charge is -2.45. The topological polar surface area (TPSA) is 21.6 Å². The minimum atomic E-state index is 0.0904. The van der Waals surface area contributed by atoms with E-state index in [1.807, 2.05) is 6.92 Å². The summed E-state index contributed by atoms with van der Waals surface area (Å²) >= 11 is 0. The summed E-state index contributed by atoms with van der Waals surface area (Å²) < 4.78 is 5.85. The molecular weight excluding hydrogens is 174 g/mol. The molecule has 0 radical (unpaired) electrons. The number of aliphatic imine (C=N–C) groups is 1. The molecule has 2 aliphatic rings. The van der Waals surface area contributed by atoms with Crippen LogP contribution in [0.2, 0.25) is 0 Å². The molecule has 0 aromatic rings. The highest BCUT2D eigenvalue weighted by molar-refractivity contribution is 5.74. The Hall–Kier alpha value is -0.530. The summed E-state index contributed by atoms with van der Waals surface area (Å²) in [4.78, 5) is 4.62. The van der Waals surface area contributed by atoms with Crippen molar-refractivity contribution in [3.63, 3.8) is 0 Å². The summed E-state index contributed by atoms with van der Waals surface area (Å²) in [5.74, 6) is 2.32. The molecule has 0 aromatic heterocycles. The molecule has 0 bridgehead atoms. The Balaban J connectivity index is 2.21. The molecule has 1 aliphatic heterocycles. The van der Waals surface area contributed by atoms with E-state index >= 15 is 0 Å². The molecule has 0 N–H and O–H groups in total. The summed E-state index contributed by atoms with van der Waals surface area (Å²) in [6.45, 7) is 8.80. The molecule has 3 atom stereocenters. The van der Waals surface area contributed by atoms with Gasteiger partial charge in [0.15, 0.2) is 5.90 Å². The Morgan fingerprint density at radius 3 is 2.79 bits per heavy atom. The van der Waals surface area contributed by atoms with Crippen molar-refractivity contribution < 1.29 is 4.74 Å². The molecule has 14 heavy (non-hydrogen) atoms. The molecule has 3 unspecified atom stereocenters. The number of fused-ring (bicyclic) bond motifs is 1. The van der Waals surface area contributed by atoms with E-state index in [1.54, 1.807) is 0 Å². The highest BCUT2D eigenvalue weighted by Gasteiger charge is 2.43. The normalized spacial score (nSPS) is 40.9. The van der Waals surface area contributed by atoms with Gasteiger partial charge in [-0.3, -0.25) is 0 Å². The van der Waals surface area contributed by atoms with Gasteiger partial charge in [-0.15, -0.1) is 0 Å². The first-order valence-electron chi connectivity index (χ1n) is 5.72. The van der Waals surface area contributed by atoms with Crippen LogP contribution in [0.3, 0.4) is 0 Å². The van der Waals surface area contributed by atoms with Gasteiger partial charge in [-0.25, -0.2) is 4.99 Å². The van der Waals surface area contributed by atoms with Crippen LogP contribution in [0.1, 0.15) is 47.0 Å². The Labute approximate surface area is 86.8 Å². The van der Waals surface area contributed by atoms with Crippen LogP contribution in [-0.2, 0) is 4.74 Å². The van der Waals surface area contributed by atoms with E-state index in [0.29, 0.717) is 12.0 Å². The van der Waals surface area contributed by atoms with E-state index in [0.717, 1.165) is 11.8 Å². The van der Waals surface area contributed by atoms with Crippen molar-refractivity contribution in [1.29, 1.82) is 0 Å². The second kappa shape index (κ2) is 3.25. The van der Waals surface area contributed by atoms with Crippen molar-refractivity contribution in [3.8, 4) is 0 Å². The maximum absolute atomic E-state index is 5.85. The van der Waals surface area contributed by atoms with Crippen LogP contribution in [0, 0.1) is 11.8 Å². The van der Waals surface area contributed by atoms with Gasteiger partial charge in [-0.1, -0.05) is 13.3 Å². The van der Waals surface area contributed by atoms with Crippen LogP contribution in [0.25, 0.3) is 0 Å². The van der Waals surface area contributed by atoms with Crippen molar-refractivity contribution >= 4 is 5.90 Å². The Bertz CT molecular complexity index is 257. The summed E-state index contributed by atoms with van der Waals surface area (Å²) in [5, 5.41) is 0. The van der Waals surface area contributed by atoms with Gasteiger partial charge < -0.3 is 4.74 Å². The Morgan fingerprint density at radius 2 is 2.07 bits per heavy atom. The van der Waals surface area contributed by atoms with Gasteiger partial charge in [-0.05, 0) is 32.6 Å². The maximum Gasteiger partial charge on any atom is 0.180 e. The van der Waals surface area contributed by atoms with Crippen LogP contribution in [0.5, 0.6) is 0 Å². The molecule has 1 heterocycles. The third kappa shape index (κ3) is 1.67. The lowest BCUT2D eigenvalue weighted by Crippen LogP contribution is -2.47. The molecule has 1 saturated carbocycles. The fourth-order valence-corrected chi connectivity index (χ4v) is 3.00. The third-order valence-corrected chi connectivity index (χ3v) is 3.73. The maximum atomic E-state index is 5.85. The smallest absolute Gasteiger partial charge is 0.180 e. The van der Waals surface area contributed by atoms with Gasteiger partial charge in [0, 0.05) is 12.8 Å². The number of nitrogens with zero attached hydrogens (tertiary/aromatic N) is 1. The molecule has 0 saturated heterocycles. The minimum Gasteiger partial charge on any atom is -0.478 e. The fourth-order valence-electron chi connectivity index (χ4n) is 3.00. The van der Waals surface area contributed by atoms with Crippen LogP contribution < -0.4 is 0 Å². The SMILES string of the molecule is CC1=NC(C)(C)C2CCC(C)CC2O1. The zero-order valence-electron chi connectivity index (χ0n) is 9.71. The first-order valence-corrected chi connectivity index (χ1v) is 5.72. The first kappa shape index (κ1) is 10.0. The zero-order valence-corrected chi connectivity index (χ0v) is 9.71. The monoisotopic (exact) mass is 195 g/mol. The van der Waals surface area contributed by atoms with E-state index in [1.165, 1.54) is 19.3 Å². The Kier molecular flexibility index (Phi) is 2.32. The molecule has 0 amide bonds. The fraction of sp³-hybridized carbons (Fsp3) is 0.917. The van der Waals surface area contributed by atoms with E-state index in [4.69, 9.17) is 4.74 Å². The molecule has 1 fully saturated rings. The molecular formula is C12H21NO. The van der Waals surface area contributed by atoms with E-state index in [9.17, 15) is 0 Å². The van der Waals surface area contributed by atoms with Crippen molar-refractivity contribution in [2.24, 2.45) is 16.8 Å². The van der Waals surface area contributed by atoms with Gasteiger partial charge in [0.05, 0.1) is 5.54 Å². The quantitative estimate of drug-likeness (QED) is 0.582. The lowest BCUT2D eigenvalue weighted by atomic mass is 9.71. The van der Waals surface area contributed by atoms with E-state index in [2.05, 4.69) is 25.8 Å². The summed E-state index contributed by atoms with van der Waals surface area (Å²) in [6.07, 6.45) is 4.24. The molecule has 0 aromatic carbocycles. The first-order chi connectivity index (χ1) is 6.49. The van der Waals surface area contributed by atoms with Crippen LogP contribution in [0.15, 0.2) is 4.99 Å². The van der Waals surface area contributed by atoms with Gasteiger partial charge in [0.1, 0.15) is 6.10 Å². The average molecular weight is 195 g/mol. The standard InChI is InChI=1S/C12H21NO/c1-8-5-6-10-11(7-8)14-9(2)13-12(10,3)4/h8,10-11H,5-7H2,1-4H3. The predicted octanol–water partition coefficient (Wildman–Crippen LogP) is 3.02. The lowest BCUT2D eigenvalue weighted by molar-refractivity contribution is 0.00772. The van der Waals surface area contributed by atoms with Crippen LogP contribution in [0.4, 0.5) is 0 Å². The van der Waals surface area contributed by atoms with Gasteiger partial charge in [0.2, 0.25) is 0 Å². The number of ether oxygens (including phenoxy) is 1. The third-order valence-electron chi connectivity index (χ3n) is 3.73. The largest absolute Gasteiger partial charge is 0.478 e. The highest BCUT2D eigenvalue weighted by Crippen LogP contribution is 2.41. The molecule has 0 spiro atoms. The number of hydrogen-bond acceptors (Lipinski definition) is 2. The minimum absolute atomic E-state index is 0.0904. The molecule has 2 rings (SSSR count). The molecule has 80 valence electrons.